The van der Waals surface area contributed by atoms with Gasteiger partial charge in [-0.3, -0.25) is 10.2 Å². The first kappa shape index (κ1) is 21.4. The fourth-order valence-corrected chi connectivity index (χ4v) is 3.12. The fraction of sp³-hybridized carbons (Fsp3) is 0.190. The number of benzene rings is 2. The molecule has 0 aliphatic rings. The molecule has 0 aliphatic carbocycles. The molecule has 0 bridgehead atoms. The number of halogens is 2. The van der Waals surface area contributed by atoms with Crippen LogP contribution in [0.5, 0.6) is 5.75 Å². The van der Waals surface area contributed by atoms with Gasteiger partial charge in [0.1, 0.15) is 24.0 Å². The average molecular weight is 431 g/mol. The van der Waals surface area contributed by atoms with Crippen molar-refractivity contribution in [3.05, 3.63) is 76.3 Å². The Kier molecular flexibility index (Phi) is 7.45. The molecule has 156 valence electrons. The summed E-state index contributed by atoms with van der Waals surface area (Å²) in [5.41, 5.74) is 4.29. The van der Waals surface area contributed by atoms with Crippen LogP contribution in [0.15, 0.2) is 52.9 Å². The zero-order chi connectivity index (χ0) is 21.3. The second-order valence-corrected chi connectivity index (χ2v) is 6.95. The Balaban J connectivity index is 1.55. The van der Waals surface area contributed by atoms with E-state index in [2.05, 4.69) is 15.5 Å². The molecule has 3 rings (SSSR count). The van der Waals surface area contributed by atoms with Crippen LogP contribution in [-0.2, 0) is 22.6 Å². The third-order valence-electron chi connectivity index (χ3n) is 3.82. The summed E-state index contributed by atoms with van der Waals surface area (Å²) in [6.45, 7) is 1.99. The number of carbonyl (C=O) groups is 1. The molecule has 0 saturated heterocycles. The van der Waals surface area contributed by atoms with Gasteiger partial charge >= 0.3 is 5.97 Å². The van der Waals surface area contributed by atoms with Gasteiger partial charge in [-0.25, -0.2) is 13.8 Å². The van der Waals surface area contributed by atoms with Gasteiger partial charge in [0.2, 0.25) is 5.13 Å². The molecule has 1 heterocycles. The Morgan fingerprint density at radius 1 is 1.27 bits per heavy atom. The average Bonchev–Trinajstić information content (AvgIpc) is 3.16. The van der Waals surface area contributed by atoms with E-state index in [4.69, 9.17) is 9.47 Å². The maximum atomic E-state index is 13.7. The summed E-state index contributed by atoms with van der Waals surface area (Å²) in [5, 5.41) is 6.42. The van der Waals surface area contributed by atoms with Crippen molar-refractivity contribution >= 4 is 28.7 Å². The number of hydrazone groups is 1. The zero-order valence-corrected chi connectivity index (χ0v) is 16.9. The van der Waals surface area contributed by atoms with Crippen molar-refractivity contribution in [3.8, 4) is 5.75 Å². The Labute approximate surface area is 176 Å². The van der Waals surface area contributed by atoms with Gasteiger partial charge in [-0.2, -0.15) is 5.10 Å². The third kappa shape index (κ3) is 6.35. The van der Waals surface area contributed by atoms with E-state index in [1.165, 1.54) is 11.3 Å². The second kappa shape index (κ2) is 10.4. The van der Waals surface area contributed by atoms with Crippen molar-refractivity contribution in [2.24, 2.45) is 5.10 Å². The highest BCUT2D eigenvalue weighted by Gasteiger charge is 2.08. The molecule has 0 unspecified atom stereocenters. The molecule has 0 fully saturated rings. The number of nitrogens with zero attached hydrogens (tertiary/aromatic N) is 2. The molecular weight excluding hydrogens is 412 g/mol. The van der Waals surface area contributed by atoms with Crippen LogP contribution in [0.1, 0.15) is 23.7 Å². The number of nitrogens with one attached hydrogen (secondary N) is 1. The summed E-state index contributed by atoms with van der Waals surface area (Å²) in [7, 11) is 0. The number of hydrogen-bond acceptors (Lipinski definition) is 7. The number of rotatable bonds is 9. The number of aromatic nitrogens is 1. The van der Waals surface area contributed by atoms with E-state index >= 15 is 0 Å². The van der Waals surface area contributed by atoms with Crippen LogP contribution in [0.3, 0.4) is 0 Å². The molecule has 1 aromatic heterocycles. The molecular formula is C21H19F2N3O3S. The molecule has 9 heteroatoms. The van der Waals surface area contributed by atoms with Gasteiger partial charge in [0, 0.05) is 10.9 Å². The van der Waals surface area contributed by atoms with Gasteiger partial charge in [0.05, 0.1) is 24.9 Å². The van der Waals surface area contributed by atoms with Gasteiger partial charge in [-0.15, -0.1) is 11.3 Å². The van der Waals surface area contributed by atoms with Gasteiger partial charge in [0.15, 0.2) is 0 Å². The lowest BCUT2D eigenvalue weighted by atomic mass is 10.2. The SMILES string of the molecule is CCOC(=O)Cc1csc(NN=Cc2cccc(OCc3cc(F)ccc3F)c2)n1. The highest BCUT2D eigenvalue weighted by atomic mass is 32.1. The minimum absolute atomic E-state index is 0.0925. The van der Waals surface area contributed by atoms with Gasteiger partial charge in [-0.1, -0.05) is 12.1 Å². The van der Waals surface area contributed by atoms with Crippen molar-refractivity contribution in [2.45, 2.75) is 20.0 Å². The van der Waals surface area contributed by atoms with Crippen LogP contribution in [-0.4, -0.2) is 23.8 Å². The lowest BCUT2D eigenvalue weighted by molar-refractivity contribution is -0.142. The first-order valence-electron chi connectivity index (χ1n) is 9.09. The molecule has 0 atom stereocenters. The standard InChI is InChI=1S/C21H19F2N3O3S/c1-2-28-20(27)10-17-13-30-21(25-17)26-24-11-14-4-3-5-18(8-14)29-12-15-9-16(22)6-7-19(15)23/h3-9,11,13H,2,10,12H2,1H3,(H,25,26). The summed E-state index contributed by atoms with van der Waals surface area (Å²) in [6, 6.07) is 10.2. The number of hydrogen-bond donors (Lipinski definition) is 1. The minimum Gasteiger partial charge on any atom is -0.489 e. The van der Waals surface area contributed by atoms with Crippen LogP contribution < -0.4 is 10.2 Å². The molecule has 0 radical (unpaired) electrons. The van der Waals surface area contributed by atoms with Crippen molar-refractivity contribution in [3.63, 3.8) is 0 Å². The Morgan fingerprint density at radius 2 is 2.13 bits per heavy atom. The predicted molar refractivity (Wildman–Crippen MR) is 111 cm³/mol. The van der Waals surface area contributed by atoms with Crippen LogP contribution in [0.2, 0.25) is 0 Å². The monoisotopic (exact) mass is 431 g/mol. The van der Waals surface area contributed by atoms with E-state index in [1.54, 1.807) is 36.7 Å². The molecule has 3 aromatic rings. The van der Waals surface area contributed by atoms with E-state index in [0.717, 1.165) is 23.8 Å². The molecule has 0 saturated carbocycles. The van der Waals surface area contributed by atoms with Crippen LogP contribution in [0.4, 0.5) is 13.9 Å². The van der Waals surface area contributed by atoms with Crippen LogP contribution in [0, 0.1) is 11.6 Å². The Bertz CT molecular complexity index is 1040. The molecule has 0 aliphatic heterocycles. The largest absolute Gasteiger partial charge is 0.489 e. The van der Waals surface area contributed by atoms with Crippen molar-refractivity contribution < 1.29 is 23.0 Å². The normalized spacial score (nSPS) is 10.9. The summed E-state index contributed by atoms with van der Waals surface area (Å²) < 4.78 is 37.4. The highest BCUT2D eigenvalue weighted by Crippen LogP contribution is 2.18. The van der Waals surface area contributed by atoms with E-state index in [9.17, 15) is 13.6 Å². The first-order chi connectivity index (χ1) is 14.5. The van der Waals surface area contributed by atoms with Crippen molar-refractivity contribution in [1.82, 2.24) is 4.98 Å². The van der Waals surface area contributed by atoms with Crippen molar-refractivity contribution in [1.29, 1.82) is 0 Å². The third-order valence-corrected chi connectivity index (χ3v) is 4.61. The second-order valence-electron chi connectivity index (χ2n) is 6.09. The number of anilines is 1. The maximum absolute atomic E-state index is 13.7. The van der Waals surface area contributed by atoms with E-state index < -0.39 is 11.6 Å². The minimum atomic E-state index is -0.524. The van der Waals surface area contributed by atoms with E-state index in [-0.39, 0.29) is 24.6 Å². The summed E-state index contributed by atoms with van der Waals surface area (Å²) >= 11 is 1.32. The lowest BCUT2D eigenvalue weighted by Gasteiger charge is -2.08. The maximum Gasteiger partial charge on any atom is 0.311 e. The Morgan fingerprint density at radius 3 is 2.97 bits per heavy atom. The van der Waals surface area contributed by atoms with Gasteiger partial charge in [-0.05, 0) is 42.8 Å². The zero-order valence-electron chi connectivity index (χ0n) is 16.1. The number of thiazole rings is 1. The number of esters is 1. The molecule has 30 heavy (non-hydrogen) atoms. The topological polar surface area (TPSA) is 72.8 Å². The molecule has 1 N–H and O–H groups in total. The summed E-state index contributed by atoms with van der Waals surface area (Å²) in [6.07, 6.45) is 1.68. The van der Waals surface area contributed by atoms with Gasteiger partial charge in [0.25, 0.3) is 0 Å². The number of ether oxygens (including phenoxy) is 2. The Hall–Kier alpha value is -3.33. The first-order valence-corrected chi connectivity index (χ1v) is 9.97. The van der Waals surface area contributed by atoms with Crippen LogP contribution >= 0.6 is 11.3 Å². The number of carbonyl (C=O) groups excluding carboxylic acids is 1. The van der Waals surface area contributed by atoms with Gasteiger partial charge < -0.3 is 9.47 Å². The summed E-state index contributed by atoms with van der Waals surface area (Å²) in [4.78, 5) is 15.7. The fourth-order valence-electron chi connectivity index (χ4n) is 2.46. The summed E-state index contributed by atoms with van der Waals surface area (Å²) in [5.74, 6) is -0.875. The molecule has 6 nitrogen and oxygen atoms in total. The van der Waals surface area contributed by atoms with E-state index in [0.29, 0.717) is 23.2 Å². The molecule has 0 spiro atoms. The molecule has 2 aromatic carbocycles. The van der Waals surface area contributed by atoms with E-state index in [1.807, 2.05) is 6.07 Å². The lowest BCUT2D eigenvalue weighted by Crippen LogP contribution is -2.07. The molecule has 0 amide bonds. The van der Waals surface area contributed by atoms with Crippen LogP contribution in [0.25, 0.3) is 0 Å². The smallest absolute Gasteiger partial charge is 0.311 e. The highest BCUT2D eigenvalue weighted by molar-refractivity contribution is 7.13. The predicted octanol–water partition coefficient (Wildman–Crippen LogP) is 4.55. The van der Waals surface area contributed by atoms with Crippen molar-refractivity contribution in [2.75, 3.05) is 12.0 Å². The quantitative estimate of drug-likeness (QED) is 0.306.